The van der Waals surface area contributed by atoms with Gasteiger partial charge >= 0.3 is 21.2 Å². The third-order valence-electron chi connectivity index (χ3n) is 3.07. The average Bonchev–Trinajstić information content (AvgIpc) is 2.64. The molecule has 0 unspecified atom stereocenters. The molecule has 0 heterocycles. The van der Waals surface area contributed by atoms with Crippen LogP contribution < -0.4 is 10.4 Å². The number of hydrogen-bond acceptors (Lipinski definition) is 4. The highest BCUT2D eigenvalue weighted by atomic mass is 28.3. The van der Waals surface area contributed by atoms with E-state index in [1.54, 1.807) is 0 Å². The smallest absolute Gasteiger partial charge is 0.452 e. The van der Waals surface area contributed by atoms with E-state index in [-0.39, 0.29) is 6.61 Å². The molecule has 0 fully saturated rings. The molecule has 6 nitrogen and oxygen atoms in total. The van der Waals surface area contributed by atoms with Crippen LogP contribution in [0.25, 0.3) is 0 Å². The number of carbonyl (C=O) groups excluding carboxylic acids is 2. The normalized spacial score (nSPS) is 10.8. The van der Waals surface area contributed by atoms with E-state index in [0.717, 1.165) is 10.4 Å². The van der Waals surface area contributed by atoms with Crippen molar-refractivity contribution in [2.45, 2.75) is 13.3 Å². The maximum absolute atomic E-state index is 11.9. The summed E-state index contributed by atoms with van der Waals surface area (Å²) in [5, 5.41) is 8.37. The lowest BCUT2D eigenvalue weighted by Crippen LogP contribution is -2.45. The van der Waals surface area contributed by atoms with Gasteiger partial charge in [0.15, 0.2) is 0 Å². The molecule has 0 atom stereocenters. The van der Waals surface area contributed by atoms with Crippen molar-refractivity contribution < 1.29 is 18.8 Å². The molecular weight excluding hydrogens is 324 g/mol. The highest BCUT2D eigenvalue weighted by Crippen LogP contribution is 1.98. The Hall–Kier alpha value is -2.80. The Morgan fingerprint density at radius 1 is 0.875 bits per heavy atom. The highest BCUT2D eigenvalue weighted by molar-refractivity contribution is 6.81. The van der Waals surface area contributed by atoms with Gasteiger partial charge in [-0.05, 0) is 16.8 Å². The molecular formula is C17H18N2O4Si. The van der Waals surface area contributed by atoms with E-state index < -0.39 is 21.2 Å². The Kier molecular flexibility index (Phi) is 6.85. The molecule has 2 aromatic carbocycles. The van der Waals surface area contributed by atoms with E-state index in [9.17, 15) is 9.59 Å². The van der Waals surface area contributed by atoms with Gasteiger partial charge in [-0.2, -0.15) is 0 Å². The predicted molar refractivity (Wildman–Crippen MR) is 92.3 cm³/mol. The number of azo groups is 1. The molecule has 2 amide bonds. The molecule has 24 heavy (non-hydrogen) atoms. The zero-order valence-electron chi connectivity index (χ0n) is 13.3. The van der Waals surface area contributed by atoms with Gasteiger partial charge in [0.05, 0.1) is 6.61 Å². The molecule has 124 valence electrons. The molecule has 0 aliphatic heterocycles. The average molecular weight is 342 g/mol. The summed E-state index contributed by atoms with van der Waals surface area (Å²) in [7, 11) is -2.25. The first-order valence-corrected chi connectivity index (χ1v) is 9.22. The van der Waals surface area contributed by atoms with Crippen LogP contribution in [0.2, 0.25) is 0 Å². The Balaban J connectivity index is 2.10. The van der Waals surface area contributed by atoms with Crippen LogP contribution in [0.15, 0.2) is 70.9 Å². The van der Waals surface area contributed by atoms with E-state index in [4.69, 9.17) is 9.16 Å². The number of amides is 2. The first-order chi connectivity index (χ1) is 11.7. The molecule has 2 rings (SSSR count). The van der Waals surface area contributed by atoms with Gasteiger partial charge in [0.1, 0.15) is 0 Å². The van der Waals surface area contributed by atoms with Gasteiger partial charge in [0.25, 0.3) is 0 Å². The number of ether oxygens (including phenoxy) is 1. The summed E-state index contributed by atoms with van der Waals surface area (Å²) < 4.78 is 10.2. The van der Waals surface area contributed by atoms with Gasteiger partial charge in [0, 0.05) is 0 Å². The minimum atomic E-state index is -2.25. The number of nitrogens with zero attached hydrogens (tertiary/aromatic N) is 2. The lowest BCUT2D eigenvalue weighted by atomic mass is 10.4. The first kappa shape index (κ1) is 17.5. The van der Waals surface area contributed by atoms with Crippen molar-refractivity contribution in [1.82, 2.24) is 0 Å². The van der Waals surface area contributed by atoms with E-state index in [0.29, 0.717) is 6.42 Å². The molecule has 0 aliphatic rings. The fourth-order valence-electron chi connectivity index (χ4n) is 2.01. The van der Waals surface area contributed by atoms with Crippen LogP contribution in [-0.2, 0) is 9.16 Å². The number of hydrogen-bond donors (Lipinski definition) is 0. The van der Waals surface area contributed by atoms with Crippen LogP contribution in [-0.4, -0.2) is 27.8 Å². The molecule has 0 aromatic heterocycles. The second kappa shape index (κ2) is 9.36. The summed E-state index contributed by atoms with van der Waals surface area (Å²) in [6.07, 6.45) is -1.12. The van der Waals surface area contributed by atoms with Gasteiger partial charge in [-0.3, -0.25) is 0 Å². The van der Waals surface area contributed by atoms with Gasteiger partial charge in [-0.25, -0.2) is 9.59 Å². The van der Waals surface area contributed by atoms with Crippen molar-refractivity contribution in [1.29, 1.82) is 0 Å². The van der Waals surface area contributed by atoms with E-state index in [1.165, 1.54) is 0 Å². The lowest BCUT2D eigenvalue weighted by molar-refractivity contribution is 0.154. The topological polar surface area (TPSA) is 77.3 Å². The minimum absolute atomic E-state index is 0.234. The van der Waals surface area contributed by atoms with Gasteiger partial charge in [0.2, 0.25) is 0 Å². The zero-order chi connectivity index (χ0) is 17.2. The molecule has 0 saturated carbocycles. The van der Waals surface area contributed by atoms with Crippen LogP contribution in [0, 0.1) is 0 Å². The van der Waals surface area contributed by atoms with Crippen LogP contribution in [0.4, 0.5) is 9.59 Å². The van der Waals surface area contributed by atoms with Crippen molar-refractivity contribution in [2.24, 2.45) is 10.2 Å². The monoisotopic (exact) mass is 342 g/mol. The Bertz CT molecular complexity index is 653. The van der Waals surface area contributed by atoms with Crippen molar-refractivity contribution in [3.05, 3.63) is 60.7 Å². The highest BCUT2D eigenvalue weighted by Gasteiger charge is 2.22. The lowest BCUT2D eigenvalue weighted by Gasteiger charge is -2.15. The number of carbonyl (C=O) groups is 2. The summed E-state index contributed by atoms with van der Waals surface area (Å²) in [5.41, 5.74) is 0. The van der Waals surface area contributed by atoms with E-state index in [2.05, 4.69) is 10.2 Å². The number of rotatable bonds is 5. The molecule has 2 aromatic rings. The maximum atomic E-state index is 11.9. The second-order valence-electron chi connectivity index (χ2n) is 4.90. The predicted octanol–water partition coefficient (Wildman–Crippen LogP) is 2.66. The molecule has 0 N–H and O–H groups in total. The SMILES string of the molecule is CCCOC(=O)N=NC(=O)O[SiH](c1ccccc1)c1ccccc1. The maximum Gasteiger partial charge on any atom is 0.452 e. The fraction of sp³-hybridized carbons (Fsp3) is 0.176. The molecule has 0 saturated heterocycles. The summed E-state index contributed by atoms with van der Waals surface area (Å²) in [6.45, 7) is 2.09. The standard InChI is InChI=1S/C17H18N2O4Si/c1-2-13-22-16(20)18-19-17(21)23-24(14-9-5-3-6-10-14)15-11-7-4-8-12-15/h3-12,24H,2,13H2,1H3. The fourth-order valence-corrected chi connectivity index (χ4v) is 4.06. The summed E-state index contributed by atoms with van der Waals surface area (Å²) in [4.78, 5) is 23.2. The van der Waals surface area contributed by atoms with Crippen molar-refractivity contribution in [3.8, 4) is 0 Å². The van der Waals surface area contributed by atoms with Crippen LogP contribution >= 0.6 is 0 Å². The van der Waals surface area contributed by atoms with Crippen LogP contribution in [0.3, 0.4) is 0 Å². The van der Waals surface area contributed by atoms with E-state index >= 15 is 0 Å². The summed E-state index contributed by atoms with van der Waals surface area (Å²) >= 11 is 0. The zero-order valence-corrected chi connectivity index (χ0v) is 14.4. The van der Waals surface area contributed by atoms with Gasteiger partial charge in [-0.15, -0.1) is 0 Å². The summed E-state index contributed by atoms with van der Waals surface area (Å²) in [5.74, 6) is 0. The van der Waals surface area contributed by atoms with Gasteiger partial charge in [-0.1, -0.05) is 77.8 Å². The number of benzene rings is 2. The van der Waals surface area contributed by atoms with Crippen LogP contribution in [0.1, 0.15) is 13.3 Å². The third-order valence-corrected chi connectivity index (χ3v) is 5.48. The molecule has 0 radical (unpaired) electrons. The Morgan fingerprint density at radius 2 is 1.38 bits per heavy atom. The van der Waals surface area contributed by atoms with Crippen molar-refractivity contribution in [3.63, 3.8) is 0 Å². The molecule has 0 aliphatic carbocycles. The van der Waals surface area contributed by atoms with Gasteiger partial charge < -0.3 is 9.16 Å². The second-order valence-corrected chi connectivity index (χ2v) is 7.23. The van der Waals surface area contributed by atoms with Crippen molar-refractivity contribution in [2.75, 3.05) is 6.61 Å². The minimum Gasteiger partial charge on any atom is -0.495 e. The molecule has 7 heteroatoms. The summed E-state index contributed by atoms with van der Waals surface area (Å²) in [6, 6.07) is 19.0. The first-order valence-electron chi connectivity index (χ1n) is 7.59. The van der Waals surface area contributed by atoms with Crippen molar-refractivity contribution >= 4 is 31.6 Å². The Morgan fingerprint density at radius 3 is 1.88 bits per heavy atom. The third kappa shape index (κ3) is 5.44. The quantitative estimate of drug-likeness (QED) is 0.618. The Labute approximate surface area is 141 Å². The van der Waals surface area contributed by atoms with E-state index in [1.807, 2.05) is 67.6 Å². The largest absolute Gasteiger partial charge is 0.495 e. The van der Waals surface area contributed by atoms with Crippen LogP contribution in [0.5, 0.6) is 0 Å². The molecule has 0 bridgehead atoms. The molecule has 0 spiro atoms.